The van der Waals surface area contributed by atoms with Gasteiger partial charge in [0.25, 0.3) is 0 Å². The molecule has 1 aliphatic rings. The van der Waals surface area contributed by atoms with Crippen LogP contribution in [0.3, 0.4) is 0 Å². The summed E-state index contributed by atoms with van der Waals surface area (Å²) in [4.78, 5) is 15.1. The molecule has 2 aromatic carbocycles. The van der Waals surface area contributed by atoms with Crippen molar-refractivity contribution >= 4 is 34.1 Å². The highest BCUT2D eigenvalue weighted by Gasteiger charge is 2.48. The van der Waals surface area contributed by atoms with Crippen LogP contribution in [0.2, 0.25) is 0 Å². The van der Waals surface area contributed by atoms with Gasteiger partial charge in [0.05, 0.1) is 4.91 Å². The number of hydrogen-bond acceptors (Lipinski definition) is 4. The van der Waals surface area contributed by atoms with Crippen molar-refractivity contribution in [1.82, 2.24) is 4.90 Å². The quantitative estimate of drug-likeness (QED) is 0.465. The van der Waals surface area contributed by atoms with Gasteiger partial charge in [-0.05, 0) is 5.92 Å². The molecular formula is C21H21NO2S2. The molecule has 1 saturated heterocycles. The van der Waals surface area contributed by atoms with E-state index in [9.17, 15) is 9.90 Å². The van der Waals surface area contributed by atoms with Crippen LogP contribution in [0.25, 0.3) is 0 Å². The monoisotopic (exact) mass is 383 g/mol. The van der Waals surface area contributed by atoms with Crippen molar-refractivity contribution in [2.45, 2.75) is 19.6 Å². The largest absolute Gasteiger partial charge is 0.363 e. The molecule has 3 nitrogen and oxygen atoms in total. The lowest BCUT2D eigenvalue weighted by molar-refractivity contribution is -0.0318. The molecule has 1 heterocycles. The van der Waals surface area contributed by atoms with Crippen molar-refractivity contribution in [2.75, 3.05) is 6.54 Å². The van der Waals surface area contributed by atoms with E-state index >= 15 is 0 Å². The molecule has 1 atom stereocenters. The molecule has 1 aliphatic heterocycles. The molecular weight excluding hydrogens is 362 g/mol. The molecule has 0 aromatic heterocycles. The minimum absolute atomic E-state index is 0.142. The molecule has 0 aliphatic carbocycles. The fraction of sp³-hybridized carbons (Fsp3) is 0.238. The Labute approximate surface area is 163 Å². The van der Waals surface area contributed by atoms with Crippen LogP contribution in [0.1, 0.15) is 29.8 Å². The van der Waals surface area contributed by atoms with E-state index in [1.165, 1.54) is 17.8 Å². The molecule has 3 rings (SSSR count). The zero-order valence-electron chi connectivity index (χ0n) is 14.8. The van der Waals surface area contributed by atoms with Gasteiger partial charge in [0.15, 0.2) is 11.5 Å². The standard InChI is InChI=1S/C21H21NO2S2/c1-15(2)14-22-20(25)26-19(13-18(23)16-9-5-3-6-10-16)21(22,24)17-11-7-4-8-12-17/h3-13,15,24H,14H2,1-2H3/b19-13+. The van der Waals surface area contributed by atoms with Crippen molar-refractivity contribution in [1.29, 1.82) is 0 Å². The number of allylic oxidation sites excluding steroid dienone is 1. The number of carbonyl (C=O) groups is 1. The summed E-state index contributed by atoms with van der Waals surface area (Å²) in [6.45, 7) is 4.76. The molecule has 134 valence electrons. The van der Waals surface area contributed by atoms with Gasteiger partial charge in [-0.1, -0.05) is 98.5 Å². The Morgan fingerprint density at radius 3 is 2.31 bits per heavy atom. The molecule has 0 spiro atoms. The van der Waals surface area contributed by atoms with Gasteiger partial charge < -0.3 is 10.0 Å². The van der Waals surface area contributed by atoms with E-state index in [0.29, 0.717) is 32.8 Å². The van der Waals surface area contributed by atoms with Gasteiger partial charge in [0.2, 0.25) is 0 Å². The van der Waals surface area contributed by atoms with Crippen LogP contribution < -0.4 is 0 Å². The van der Waals surface area contributed by atoms with Gasteiger partial charge in [0.1, 0.15) is 4.32 Å². The number of thioether (sulfide) groups is 1. The van der Waals surface area contributed by atoms with Crippen LogP contribution >= 0.6 is 24.0 Å². The molecule has 0 radical (unpaired) electrons. The van der Waals surface area contributed by atoms with Gasteiger partial charge in [-0.25, -0.2) is 0 Å². The number of rotatable bonds is 5. The zero-order chi connectivity index (χ0) is 18.7. The zero-order valence-corrected chi connectivity index (χ0v) is 16.4. The van der Waals surface area contributed by atoms with E-state index in [1.807, 2.05) is 53.4 Å². The van der Waals surface area contributed by atoms with E-state index in [2.05, 4.69) is 13.8 Å². The third-order valence-electron chi connectivity index (χ3n) is 4.20. The fourth-order valence-electron chi connectivity index (χ4n) is 2.96. The van der Waals surface area contributed by atoms with Crippen molar-refractivity contribution in [3.05, 3.63) is 82.8 Å². The lowest BCUT2D eigenvalue weighted by Crippen LogP contribution is -2.45. The maximum atomic E-state index is 12.7. The third-order valence-corrected chi connectivity index (χ3v) is 5.68. The second kappa shape index (κ2) is 7.74. The number of thiocarbonyl (C=S) groups is 1. The number of ketones is 1. The van der Waals surface area contributed by atoms with Crippen molar-refractivity contribution < 1.29 is 9.90 Å². The molecule has 1 fully saturated rings. The minimum Gasteiger partial charge on any atom is -0.363 e. The summed E-state index contributed by atoms with van der Waals surface area (Å²) < 4.78 is 0.581. The molecule has 1 N–H and O–H groups in total. The van der Waals surface area contributed by atoms with Crippen LogP contribution in [-0.4, -0.2) is 26.7 Å². The molecule has 2 aromatic rings. The maximum absolute atomic E-state index is 12.7. The maximum Gasteiger partial charge on any atom is 0.199 e. The van der Waals surface area contributed by atoms with E-state index in [0.717, 1.165) is 0 Å². The Kier molecular flexibility index (Phi) is 5.61. The van der Waals surface area contributed by atoms with Crippen molar-refractivity contribution in [3.8, 4) is 0 Å². The summed E-state index contributed by atoms with van der Waals surface area (Å²) in [5.74, 6) is 0.171. The summed E-state index contributed by atoms with van der Waals surface area (Å²) in [5, 5.41) is 11.7. The Balaban J connectivity index is 2.07. The summed E-state index contributed by atoms with van der Waals surface area (Å²) in [6.07, 6.45) is 1.51. The number of benzene rings is 2. The van der Waals surface area contributed by atoms with Crippen LogP contribution in [0.4, 0.5) is 0 Å². The van der Waals surface area contributed by atoms with Crippen molar-refractivity contribution in [3.63, 3.8) is 0 Å². The smallest absolute Gasteiger partial charge is 0.199 e. The van der Waals surface area contributed by atoms with E-state index in [4.69, 9.17) is 12.2 Å². The first-order chi connectivity index (χ1) is 12.4. The molecule has 0 amide bonds. The average molecular weight is 384 g/mol. The topological polar surface area (TPSA) is 40.5 Å². The highest BCUT2D eigenvalue weighted by Crippen LogP contribution is 2.48. The van der Waals surface area contributed by atoms with Crippen LogP contribution in [-0.2, 0) is 5.72 Å². The van der Waals surface area contributed by atoms with Crippen molar-refractivity contribution in [2.24, 2.45) is 5.92 Å². The first-order valence-electron chi connectivity index (χ1n) is 8.52. The number of carbonyl (C=O) groups excluding carboxylic acids is 1. The van der Waals surface area contributed by atoms with Gasteiger partial charge in [-0.15, -0.1) is 0 Å². The molecule has 5 heteroatoms. The predicted octanol–water partition coefficient (Wildman–Crippen LogP) is 4.59. The molecule has 1 unspecified atom stereocenters. The Bertz CT molecular complexity index is 834. The first-order valence-corrected chi connectivity index (χ1v) is 9.74. The van der Waals surface area contributed by atoms with Gasteiger partial charge >= 0.3 is 0 Å². The van der Waals surface area contributed by atoms with Crippen LogP contribution in [0, 0.1) is 5.92 Å². The highest BCUT2D eigenvalue weighted by atomic mass is 32.2. The first kappa shape index (κ1) is 18.8. The molecule has 0 saturated carbocycles. The van der Waals surface area contributed by atoms with E-state index < -0.39 is 5.72 Å². The number of hydrogen-bond donors (Lipinski definition) is 1. The van der Waals surface area contributed by atoms with Gasteiger partial charge in [-0.3, -0.25) is 4.79 Å². The fourth-order valence-corrected chi connectivity index (χ4v) is 4.48. The second-order valence-electron chi connectivity index (χ2n) is 6.65. The summed E-state index contributed by atoms with van der Waals surface area (Å²) in [5.41, 5.74) is -0.123. The lowest BCUT2D eigenvalue weighted by atomic mass is 9.98. The predicted molar refractivity (Wildman–Crippen MR) is 111 cm³/mol. The number of aliphatic hydroxyl groups is 1. The second-order valence-corrected chi connectivity index (χ2v) is 8.33. The number of nitrogens with zero attached hydrogens (tertiary/aromatic N) is 1. The Hall–Kier alpha value is -1.95. The third kappa shape index (κ3) is 3.61. The highest BCUT2D eigenvalue weighted by molar-refractivity contribution is 8.25. The Morgan fingerprint density at radius 1 is 1.15 bits per heavy atom. The Morgan fingerprint density at radius 2 is 1.73 bits per heavy atom. The summed E-state index contributed by atoms with van der Waals surface area (Å²) in [7, 11) is 0. The lowest BCUT2D eigenvalue weighted by Gasteiger charge is -2.36. The molecule has 26 heavy (non-hydrogen) atoms. The normalized spacial score (nSPS) is 21.6. The average Bonchev–Trinajstić information content (AvgIpc) is 2.88. The van der Waals surface area contributed by atoms with E-state index in [1.54, 1.807) is 12.1 Å². The minimum atomic E-state index is -1.42. The van der Waals surface area contributed by atoms with Crippen LogP contribution in [0.15, 0.2) is 71.6 Å². The van der Waals surface area contributed by atoms with Crippen LogP contribution in [0.5, 0.6) is 0 Å². The van der Waals surface area contributed by atoms with E-state index in [-0.39, 0.29) is 5.78 Å². The summed E-state index contributed by atoms with van der Waals surface area (Å²) >= 11 is 6.82. The van der Waals surface area contributed by atoms with Gasteiger partial charge in [0, 0.05) is 23.7 Å². The molecule has 0 bridgehead atoms. The van der Waals surface area contributed by atoms with Gasteiger partial charge in [-0.2, -0.15) is 0 Å². The summed E-state index contributed by atoms with van der Waals surface area (Å²) in [6, 6.07) is 18.4. The SMILES string of the molecule is CC(C)CN1C(=S)S/C(=C/C(=O)c2ccccc2)C1(O)c1ccccc1.